The molecule has 1 aliphatic heterocycles. The predicted octanol–water partition coefficient (Wildman–Crippen LogP) is 3.13. The minimum atomic E-state index is -0.593. The fourth-order valence-electron chi connectivity index (χ4n) is 6.08. The van der Waals surface area contributed by atoms with Crippen LogP contribution in [0.25, 0.3) is 10.9 Å². The Hall–Kier alpha value is -2.67. The van der Waals surface area contributed by atoms with Gasteiger partial charge in [-0.05, 0) is 70.2 Å². The zero-order valence-corrected chi connectivity index (χ0v) is 21.1. The number of hydrogen-bond donors (Lipinski definition) is 3. The van der Waals surface area contributed by atoms with Crippen molar-refractivity contribution in [2.45, 2.75) is 71.5 Å². The van der Waals surface area contributed by atoms with Crippen LogP contribution in [0.3, 0.4) is 0 Å². The van der Waals surface area contributed by atoms with Gasteiger partial charge in [0.25, 0.3) is 0 Å². The van der Waals surface area contributed by atoms with Gasteiger partial charge in [-0.15, -0.1) is 0 Å². The van der Waals surface area contributed by atoms with Gasteiger partial charge >= 0.3 is 0 Å². The molecule has 2 fully saturated rings. The second-order valence-corrected chi connectivity index (χ2v) is 10.6. The molecule has 1 aromatic carbocycles. The number of rotatable bonds is 7. The fourth-order valence-corrected chi connectivity index (χ4v) is 6.08. The number of H-pyrrole nitrogens is 1. The number of fused-ring (bicyclic) bond motifs is 2. The molecule has 1 aromatic heterocycles. The van der Waals surface area contributed by atoms with Gasteiger partial charge in [0, 0.05) is 41.5 Å². The second-order valence-electron chi connectivity index (χ2n) is 10.6. The Morgan fingerprint density at radius 2 is 1.91 bits per heavy atom. The van der Waals surface area contributed by atoms with E-state index < -0.39 is 6.04 Å². The van der Waals surface area contributed by atoms with Crippen LogP contribution in [0.1, 0.15) is 57.6 Å². The maximum atomic E-state index is 13.9. The number of Topliss-reactive ketones (excluding diaryl/α,β-unsaturated/α-hetero) is 1. The Morgan fingerprint density at radius 1 is 1.18 bits per heavy atom. The summed E-state index contributed by atoms with van der Waals surface area (Å²) in [5.74, 6) is 0.144. The van der Waals surface area contributed by atoms with Crippen molar-refractivity contribution in [3.63, 3.8) is 0 Å². The average molecular weight is 467 g/mol. The number of aryl methyl sites for hydroxylation is 1. The summed E-state index contributed by atoms with van der Waals surface area (Å²) in [5, 5.41) is 7.09. The highest BCUT2D eigenvalue weighted by molar-refractivity contribution is 5.91. The SMILES string of the molecule is CNC(C)C(=O)NC(C(=O)N1CCC2C(C(C)=O)CC(c3c[nH]c4ccc(C)cc34)C21)C(C)C. The van der Waals surface area contributed by atoms with E-state index in [1.807, 2.05) is 18.7 Å². The number of carbonyl (C=O) groups is 3. The molecule has 2 aliphatic rings. The van der Waals surface area contributed by atoms with Crippen LogP contribution in [0.2, 0.25) is 0 Å². The van der Waals surface area contributed by atoms with Crippen molar-refractivity contribution in [1.29, 1.82) is 0 Å². The first-order valence-electron chi connectivity index (χ1n) is 12.5. The highest BCUT2D eigenvalue weighted by Gasteiger charge is 2.54. The van der Waals surface area contributed by atoms with Crippen LogP contribution in [0.4, 0.5) is 0 Å². The van der Waals surface area contributed by atoms with E-state index in [9.17, 15) is 14.4 Å². The van der Waals surface area contributed by atoms with Gasteiger partial charge in [-0.1, -0.05) is 25.5 Å². The van der Waals surface area contributed by atoms with E-state index in [1.54, 1.807) is 20.9 Å². The van der Waals surface area contributed by atoms with E-state index in [2.05, 4.69) is 46.9 Å². The minimum absolute atomic E-state index is 0.0376. The lowest BCUT2D eigenvalue weighted by Crippen LogP contribution is -2.56. The molecule has 2 amide bonds. The Labute approximate surface area is 202 Å². The predicted molar refractivity (Wildman–Crippen MR) is 133 cm³/mol. The quantitative estimate of drug-likeness (QED) is 0.584. The molecule has 4 rings (SSSR count). The van der Waals surface area contributed by atoms with Gasteiger partial charge < -0.3 is 20.5 Å². The van der Waals surface area contributed by atoms with E-state index in [-0.39, 0.29) is 53.4 Å². The minimum Gasteiger partial charge on any atom is -0.361 e. The number of aromatic nitrogens is 1. The summed E-state index contributed by atoms with van der Waals surface area (Å²) in [6, 6.07) is 5.36. The molecule has 1 aliphatic carbocycles. The Bertz CT molecular complexity index is 1090. The first-order chi connectivity index (χ1) is 16.1. The number of ketones is 1. The number of likely N-dealkylation sites (N-methyl/N-ethyl adjacent to an activating group) is 1. The molecule has 34 heavy (non-hydrogen) atoms. The highest BCUT2D eigenvalue weighted by Crippen LogP contribution is 2.51. The number of nitrogens with one attached hydrogen (secondary N) is 3. The van der Waals surface area contributed by atoms with Gasteiger partial charge in [0.1, 0.15) is 11.8 Å². The van der Waals surface area contributed by atoms with Crippen molar-refractivity contribution in [1.82, 2.24) is 20.5 Å². The molecule has 0 radical (unpaired) electrons. The lowest BCUT2D eigenvalue weighted by Gasteiger charge is -2.34. The normalized spacial score (nSPS) is 26.0. The van der Waals surface area contributed by atoms with Crippen LogP contribution < -0.4 is 10.6 Å². The molecule has 2 heterocycles. The summed E-state index contributed by atoms with van der Waals surface area (Å²) >= 11 is 0. The van der Waals surface area contributed by atoms with Crippen molar-refractivity contribution in [3.05, 3.63) is 35.5 Å². The van der Waals surface area contributed by atoms with Crippen molar-refractivity contribution in [2.24, 2.45) is 17.8 Å². The molecule has 2 aromatic rings. The lowest BCUT2D eigenvalue weighted by atomic mass is 9.89. The molecule has 6 unspecified atom stereocenters. The standard InChI is InChI=1S/C27H38N4O3/c1-14(2)24(30-26(33)16(4)28-6)27(34)31-10-9-18-19(17(5)32)12-21(25(18)31)22-13-29-23-8-7-15(3)11-20(22)23/h7-8,11,13-14,16,18-19,21,24-25,28-29H,9-10,12H2,1-6H3,(H,30,33). The van der Waals surface area contributed by atoms with E-state index >= 15 is 0 Å². The van der Waals surface area contributed by atoms with Gasteiger partial charge in [0.05, 0.1) is 6.04 Å². The number of likely N-dealkylation sites (tertiary alicyclic amines) is 1. The van der Waals surface area contributed by atoms with Crippen LogP contribution in [0, 0.1) is 24.7 Å². The second kappa shape index (κ2) is 9.53. The van der Waals surface area contributed by atoms with Gasteiger partial charge in [-0.25, -0.2) is 0 Å². The molecule has 0 spiro atoms. The Morgan fingerprint density at radius 3 is 2.56 bits per heavy atom. The van der Waals surface area contributed by atoms with Gasteiger partial charge in [0.15, 0.2) is 0 Å². The molecule has 3 N–H and O–H groups in total. The van der Waals surface area contributed by atoms with Crippen molar-refractivity contribution in [2.75, 3.05) is 13.6 Å². The van der Waals surface area contributed by atoms with E-state index in [0.717, 1.165) is 18.4 Å². The number of aromatic amines is 1. The average Bonchev–Trinajstić information content (AvgIpc) is 3.49. The molecule has 7 heteroatoms. The lowest BCUT2D eigenvalue weighted by molar-refractivity contribution is -0.139. The smallest absolute Gasteiger partial charge is 0.245 e. The fraction of sp³-hybridized carbons (Fsp3) is 0.593. The van der Waals surface area contributed by atoms with Crippen LogP contribution in [0.5, 0.6) is 0 Å². The first kappa shape index (κ1) is 24.5. The monoisotopic (exact) mass is 466 g/mol. The summed E-state index contributed by atoms with van der Waals surface area (Å²) in [5.41, 5.74) is 3.45. The molecular weight excluding hydrogens is 428 g/mol. The number of carbonyl (C=O) groups excluding carboxylic acids is 3. The number of hydrogen-bond acceptors (Lipinski definition) is 4. The third kappa shape index (κ3) is 4.26. The van der Waals surface area contributed by atoms with E-state index in [0.29, 0.717) is 6.54 Å². The summed E-state index contributed by atoms with van der Waals surface area (Å²) in [6.07, 6.45) is 3.64. The van der Waals surface area contributed by atoms with Crippen molar-refractivity contribution >= 4 is 28.5 Å². The molecule has 7 nitrogen and oxygen atoms in total. The topological polar surface area (TPSA) is 94.3 Å². The molecular formula is C27H38N4O3. The third-order valence-corrected chi connectivity index (χ3v) is 8.07. The molecule has 1 saturated heterocycles. The summed E-state index contributed by atoms with van der Waals surface area (Å²) in [7, 11) is 1.73. The van der Waals surface area contributed by atoms with Gasteiger partial charge in [-0.3, -0.25) is 14.4 Å². The maximum absolute atomic E-state index is 13.9. The van der Waals surface area contributed by atoms with Gasteiger partial charge in [-0.2, -0.15) is 0 Å². The molecule has 6 atom stereocenters. The zero-order chi connectivity index (χ0) is 24.7. The third-order valence-electron chi connectivity index (χ3n) is 8.07. The van der Waals surface area contributed by atoms with Gasteiger partial charge in [0.2, 0.25) is 11.8 Å². The Kier molecular flexibility index (Phi) is 6.85. The summed E-state index contributed by atoms with van der Waals surface area (Å²) < 4.78 is 0. The van der Waals surface area contributed by atoms with Crippen LogP contribution in [0.15, 0.2) is 24.4 Å². The summed E-state index contributed by atoms with van der Waals surface area (Å²) in [4.78, 5) is 44.5. The molecule has 184 valence electrons. The summed E-state index contributed by atoms with van der Waals surface area (Å²) in [6.45, 7) is 10.1. The van der Waals surface area contributed by atoms with E-state index in [4.69, 9.17) is 0 Å². The highest BCUT2D eigenvalue weighted by atomic mass is 16.2. The largest absolute Gasteiger partial charge is 0.361 e. The Balaban J connectivity index is 1.69. The number of nitrogens with zero attached hydrogens (tertiary/aromatic N) is 1. The number of amides is 2. The van der Waals surface area contributed by atoms with Crippen molar-refractivity contribution in [3.8, 4) is 0 Å². The maximum Gasteiger partial charge on any atom is 0.245 e. The van der Waals surface area contributed by atoms with Crippen LogP contribution >= 0.6 is 0 Å². The molecule has 1 saturated carbocycles. The van der Waals surface area contributed by atoms with Crippen molar-refractivity contribution < 1.29 is 14.4 Å². The van der Waals surface area contributed by atoms with Crippen LogP contribution in [-0.4, -0.2) is 59.2 Å². The molecule has 0 bridgehead atoms. The first-order valence-corrected chi connectivity index (χ1v) is 12.5. The zero-order valence-electron chi connectivity index (χ0n) is 21.1. The van der Waals surface area contributed by atoms with Crippen LogP contribution in [-0.2, 0) is 14.4 Å². The number of benzene rings is 1. The van der Waals surface area contributed by atoms with E-state index in [1.165, 1.54) is 16.5 Å².